The zero-order valence-electron chi connectivity index (χ0n) is 11.1. The van der Waals surface area contributed by atoms with Gasteiger partial charge in [-0.05, 0) is 43.0 Å². The molecule has 1 aromatic heterocycles. The Labute approximate surface area is 126 Å². The maximum absolute atomic E-state index is 10.9. The van der Waals surface area contributed by atoms with E-state index in [1.807, 2.05) is 6.07 Å². The number of hydrogen-bond acceptors (Lipinski definition) is 4. The molecule has 0 amide bonds. The number of hydrogen-bond donors (Lipinski definition) is 1. The number of halogens is 1. The van der Waals surface area contributed by atoms with Gasteiger partial charge in [0.05, 0.1) is 17.3 Å². The first-order valence-corrected chi connectivity index (χ1v) is 6.99. The number of ether oxygens (including phenoxy) is 1. The van der Waals surface area contributed by atoms with E-state index >= 15 is 0 Å². The maximum atomic E-state index is 10.9. The van der Waals surface area contributed by atoms with Crippen molar-refractivity contribution < 1.29 is 14.6 Å². The van der Waals surface area contributed by atoms with Crippen LogP contribution in [-0.2, 0) is 0 Å². The Morgan fingerprint density at radius 1 is 1.33 bits per heavy atom. The average molecular weight is 305 g/mol. The lowest BCUT2D eigenvalue weighted by molar-refractivity contribution is 0.0690. The SMILES string of the molecule is O=C(O)c1cc(-c2ccc(OCC3CC3)c(Cl)c2)ncn1. The van der Waals surface area contributed by atoms with E-state index in [1.165, 1.54) is 25.2 Å². The van der Waals surface area contributed by atoms with Crippen LogP contribution >= 0.6 is 11.6 Å². The molecule has 108 valence electrons. The summed E-state index contributed by atoms with van der Waals surface area (Å²) in [7, 11) is 0. The molecule has 0 spiro atoms. The lowest BCUT2D eigenvalue weighted by atomic mass is 10.1. The average Bonchev–Trinajstić information content (AvgIpc) is 3.30. The Balaban J connectivity index is 1.83. The molecule has 1 fully saturated rings. The first-order chi connectivity index (χ1) is 10.1. The Kier molecular flexibility index (Phi) is 3.75. The van der Waals surface area contributed by atoms with E-state index in [9.17, 15) is 4.79 Å². The molecule has 1 N–H and O–H groups in total. The van der Waals surface area contributed by atoms with Crippen molar-refractivity contribution in [2.75, 3.05) is 6.61 Å². The number of carboxylic acid groups (broad SMARTS) is 1. The summed E-state index contributed by atoms with van der Waals surface area (Å²) in [4.78, 5) is 18.7. The summed E-state index contributed by atoms with van der Waals surface area (Å²) < 4.78 is 5.65. The predicted octanol–water partition coefficient (Wildman–Crippen LogP) is 3.28. The van der Waals surface area contributed by atoms with Gasteiger partial charge in [-0.1, -0.05) is 11.6 Å². The number of carboxylic acids is 1. The molecule has 0 bridgehead atoms. The van der Waals surface area contributed by atoms with Crippen LogP contribution in [0.4, 0.5) is 0 Å². The molecule has 1 aromatic carbocycles. The van der Waals surface area contributed by atoms with E-state index in [-0.39, 0.29) is 5.69 Å². The van der Waals surface area contributed by atoms with Crippen LogP contribution in [0.1, 0.15) is 23.3 Å². The molecule has 1 heterocycles. The van der Waals surface area contributed by atoms with Crippen LogP contribution in [-0.4, -0.2) is 27.7 Å². The summed E-state index contributed by atoms with van der Waals surface area (Å²) in [6, 6.07) is 6.72. The van der Waals surface area contributed by atoms with Gasteiger partial charge in [-0.3, -0.25) is 0 Å². The quantitative estimate of drug-likeness (QED) is 0.917. The van der Waals surface area contributed by atoms with Crippen molar-refractivity contribution in [2.24, 2.45) is 5.92 Å². The van der Waals surface area contributed by atoms with Crippen LogP contribution in [0.2, 0.25) is 5.02 Å². The molecule has 1 aliphatic carbocycles. The van der Waals surface area contributed by atoms with Gasteiger partial charge in [0, 0.05) is 5.56 Å². The maximum Gasteiger partial charge on any atom is 0.354 e. The molecule has 0 aliphatic heterocycles. The highest BCUT2D eigenvalue weighted by atomic mass is 35.5. The second kappa shape index (κ2) is 5.69. The minimum Gasteiger partial charge on any atom is -0.492 e. The third-order valence-electron chi connectivity index (χ3n) is 3.29. The predicted molar refractivity (Wildman–Crippen MR) is 77.7 cm³/mol. The standard InChI is InChI=1S/C15H13ClN2O3/c16-11-5-10(3-4-14(11)21-7-9-1-2-9)12-6-13(15(19)20)18-8-17-12/h3-6,8-9H,1-2,7H2,(H,19,20). The molecule has 6 heteroatoms. The second-order valence-corrected chi connectivity index (χ2v) is 5.40. The summed E-state index contributed by atoms with van der Waals surface area (Å²) >= 11 is 6.20. The molecular weight excluding hydrogens is 292 g/mol. The smallest absolute Gasteiger partial charge is 0.354 e. The van der Waals surface area contributed by atoms with Gasteiger partial charge in [0.1, 0.15) is 12.1 Å². The van der Waals surface area contributed by atoms with Crippen LogP contribution in [0.15, 0.2) is 30.6 Å². The fourth-order valence-corrected chi connectivity index (χ4v) is 2.14. The summed E-state index contributed by atoms with van der Waals surface area (Å²) in [5, 5.41) is 9.44. The van der Waals surface area contributed by atoms with Crippen LogP contribution in [0, 0.1) is 5.92 Å². The Morgan fingerprint density at radius 2 is 2.14 bits per heavy atom. The molecule has 0 atom stereocenters. The normalized spacial score (nSPS) is 14.0. The van der Waals surface area contributed by atoms with Gasteiger partial charge in [-0.2, -0.15) is 0 Å². The van der Waals surface area contributed by atoms with Crippen LogP contribution in [0.25, 0.3) is 11.3 Å². The lowest BCUT2D eigenvalue weighted by Crippen LogP contribution is -2.01. The van der Waals surface area contributed by atoms with E-state index in [4.69, 9.17) is 21.4 Å². The molecule has 5 nitrogen and oxygen atoms in total. The van der Waals surface area contributed by atoms with Gasteiger partial charge in [0.2, 0.25) is 0 Å². The number of rotatable bonds is 5. The number of aromatic carboxylic acids is 1. The number of benzene rings is 1. The van der Waals surface area contributed by atoms with Crippen molar-refractivity contribution in [3.8, 4) is 17.0 Å². The fourth-order valence-electron chi connectivity index (χ4n) is 1.90. The van der Waals surface area contributed by atoms with Crippen LogP contribution < -0.4 is 4.74 Å². The zero-order valence-corrected chi connectivity index (χ0v) is 11.9. The lowest BCUT2D eigenvalue weighted by Gasteiger charge is -2.09. The van der Waals surface area contributed by atoms with Crippen molar-refractivity contribution >= 4 is 17.6 Å². The van der Waals surface area contributed by atoms with Gasteiger partial charge >= 0.3 is 5.97 Å². The van der Waals surface area contributed by atoms with E-state index in [2.05, 4.69) is 9.97 Å². The van der Waals surface area contributed by atoms with E-state index in [0.29, 0.717) is 29.0 Å². The minimum absolute atomic E-state index is 0.0508. The molecular formula is C15H13ClN2O3. The van der Waals surface area contributed by atoms with Crippen molar-refractivity contribution in [1.82, 2.24) is 9.97 Å². The Hall–Kier alpha value is -2.14. The molecule has 3 rings (SSSR count). The van der Waals surface area contributed by atoms with Crippen LogP contribution in [0.3, 0.4) is 0 Å². The molecule has 0 saturated heterocycles. The van der Waals surface area contributed by atoms with Crippen molar-refractivity contribution in [1.29, 1.82) is 0 Å². The van der Waals surface area contributed by atoms with Gasteiger partial charge in [0.15, 0.2) is 5.69 Å². The first kappa shape index (κ1) is 13.8. The van der Waals surface area contributed by atoms with E-state index in [1.54, 1.807) is 12.1 Å². The number of carbonyl (C=O) groups is 1. The highest BCUT2D eigenvalue weighted by Gasteiger charge is 2.22. The van der Waals surface area contributed by atoms with E-state index in [0.717, 1.165) is 5.56 Å². The van der Waals surface area contributed by atoms with Gasteiger partial charge in [-0.25, -0.2) is 14.8 Å². The highest BCUT2D eigenvalue weighted by Crippen LogP contribution is 2.33. The summed E-state index contributed by atoms with van der Waals surface area (Å²) in [6.45, 7) is 0.690. The summed E-state index contributed by atoms with van der Waals surface area (Å²) in [5.41, 5.74) is 1.19. The topological polar surface area (TPSA) is 72.3 Å². The van der Waals surface area contributed by atoms with E-state index < -0.39 is 5.97 Å². The first-order valence-electron chi connectivity index (χ1n) is 6.61. The Morgan fingerprint density at radius 3 is 2.81 bits per heavy atom. The van der Waals surface area contributed by atoms with Gasteiger partial charge < -0.3 is 9.84 Å². The molecule has 0 unspecified atom stereocenters. The number of nitrogens with zero attached hydrogens (tertiary/aromatic N) is 2. The Bertz CT molecular complexity index is 686. The van der Waals surface area contributed by atoms with Gasteiger partial charge in [0.25, 0.3) is 0 Å². The van der Waals surface area contributed by atoms with Crippen molar-refractivity contribution in [3.05, 3.63) is 41.3 Å². The monoisotopic (exact) mass is 304 g/mol. The highest BCUT2D eigenvalue weighted by molar-refractivity contribution is 6.32. The summed E-state index contributed by atoms with van der Waals surface area (Å²) in [5.74, 6) is 0.203. The third kappa shape index (κ3) is 3.31. The summed E-state index contributed by atoms with van der Waals surface area (Å²) in [6.07, 6.45) is 3.66. The molecule has 21 heavy (non-hydrogen) atoms. The molecule has 1 aliphatic rings. The zero-order chi connectivity index (χ0) is 14.8. The largest absolute Gasteiger partial charge is 0.492 e. The van der Waals surface area contributed by atoms with Gasteiger partial charge in [-0.15, -0.1) is 0 Å². The molecule has 1 saturated carbocycles. The fraction of sp³-hybridized carbons (Fsp3) is 0.267. The third-order valence-corrected chi connectivity index (χ3v) is 3.58. The molecule has 0 radical (unpaired) electrons. The minimum atomic E-state index is -1.09. The van der Waals surface area contributed by atoms with Crippen LogP contribution in [0.5, 0.6) is 5.75 Å². The molecule has 2 aromatic rings. The second-order valence-electron chi connectivity index (χ2n) is 4.99. The number of aromatic nitrogens is 2. The van der Waals surface area contributed by atoms with Crippen molar-refractivity contribution in [2.45, 2.75) is 12.8 Å². The van der Waals surface area contributed by atoms with Crippen molar-refractivity contribution in [3.63, 3.8) is 0 Å².